The topological polar surface area (TPSA) is 12.0 Å². The minimum absolute atomic E-state index is 0.912. The maximum atomic E-state index is 3.47. The Kier molecular flexibility index (Phi) is 14.0. The van der Waals surface area contributed by atoms with Gasteiger partial charge >= 0.3 is 0 Å². The highest BCUT2D eigenvalue weighted by molar-refractivity contribution is 4.60. The molecule has 1 atom stereocenters. The van der Waals surface area contributed by atoms with E-state index >= 15 is 0 Å². The normalized spacial score (nSPS) is 12.9. The molecule has 0 aromatic carbocycles. The van der Waals surface area contributed by atoms with Crippen molar-refractivity contribution >= 4 is 0 Å². The minimum atomic E-state index is 0.912. The summed E-state index contributed by atoms with van der Waals surface area (Å²) in [6, 6.07) is 0. The van der Waals surface area contributed by atoms with Gasteiger partial charge < -0.3 is 5.32 Å². The van der Waals surface area contributed by atoms with Crippen molar-refractivity contribution in [2.24, 2.45) is 5.92 Å². The summed E-state index contributed by atoms with van der Waals surface area (Å²) in [6.45, 7) is 9.16. The summed E-state index contributed by atoms with van der Waals surface area (Å²) in [5.74, 6) is 0.912. The lowest BCUT2D eigenvalue weighted by Gasteiger charge is -2.14. The van der Waals surface area contributed by atoms with Crippen LogP contribution in [0.4, 0.5) is 0 Å². The van der Waals surface area contributed by atoms with Crippen LogP contribution < -0.4 is 5.32 Å². The van der Waals surface area contributed by atoms with Gasteiger partial charge in [-0.2, -0.15) is 0 Å². The van der Waals surface area contributed by atoms with E-state index in [0.29, 0.717) is 0 Å². The first kappa shape index (κ1) is 17.0. The van der Waals surface area contributed by atoms with Gasteiger partial charge in [-0.3, -0.25) is 0 Å². The summed E-state index contributed by atoms with van der Waals surface area (Å²) < 4.78 is 0. The highest BCUT2D eigenvalue weighted by Crippen LogP contribution is 2.15. The first-order valence-corrected chi connectivity index (χ1v) is 8.05. The molecule has 0 aromatic rings. The Morgan fingerprint density at radius 3 is 1.88 bits per heavy atom. The average molecular weight is 241 g/mol. The lowest BCUT2D eigenvalue weighted by molar-refractivity contribution is 0.415. The molecule has 1 N–H and O–H groups in total. The Bertz CT molecular complexity index is 133. The molecular weight excluding hydrogens is 206 g/mol. The molecular formula is C16H35N. The van der Waals surface area contributed by atoms with Gasteiger partial charge in [0, 0.05) is 0 Å². The van der Waals surface area contributed by atoms with Gasteiger partial charge in [0.05, 0.1) is 0 Å². The molecule has 1 nitrogen and oxygen atoms in total. The van der Waals surface area contributed by atoms with Crippen molar-refractivity contribution in [1.29, 1.82) is 0 Å². The number of hydrogen-bond acceptors (Lipinski definition) is 1. The molecule has 0 radical (unpaired) electrons. The molecule has 0 spiro atoms. The van der Waals surface area contributed by atoms with E-state index in [1.807, 2.05) is 0 Å². The number of unbranched alkanes of at least 4 members (excludes halogenated alkanes) is 7. The molecule has 0 heterocycles. The molecule has 0 bridgehead atoms. The predicted molar refractivity (Wildman–Crippen MR) is 79.6 cm³/mol. The van der Waals surface area contributed by atoms with Crippen molar-refractivity contribution < 1.29 is 0 Å². The molecule has 0 aliphatic heterocycles. The van der Waals surface area contributed by atoms with Gasteiger partial charge in [0.25, 0.3) is 0 Å². The maximum Gasteiger partial charge on any atom is -0.00207 e. The summed E-state index contributed by atoms with van der Waals surface area (Å²) in [6.07, 6.45) is 14.3. The predicted octanol–water partition coefficient (Wildman–Crippen LogP) is 5.15. The molecule has 17 heavy (non-hydrogen) atoms. The van der Waals surface area contributed by atoms with Crippen LogP contribution in [0.1, 0.15) is 85.0 Å². The number of rotatable bonds is 13. The van der Waals surface area contributed by atoms with E-state index in [1.165, 1.54) is 70.8 Å². The summed E-state index contributed by atoms with van der Waals surface area (Å²) in [5, 5.41) is 3.47. The third-order valence-electron chi connectivity index (χ3n) is 3.73. The molecule has 0 fully saturated rings. The fraction of sp³-hybridized carbons (Fsp3) is 1.00. The summed E-state index contributed by atoms with van der Waals surface area (Å²) in [7, 11) is 0. The Morgan fingerprint density at radius 1 is 0.765 bits per heavy atom. The number of nitrogens with one attached hydrogen (secondary N) is 1. The molecule has 0 rings (SSSR count). The van der Waals surface area contributed by atoms with Gasteiger partial charge in [-0.05, 0) is 25.4 Å². The van der Waals surface area contributed by atoms with Gasteiger partial charge in [-0.1, -0.05) is 78.6 Å². The van der Waals surface area contributed by atoms with E-state index in [0.717, 1.165) is 12.5 Å². The SMILES string of the molecule is CCCCCCCCCCC(CC)CNCC. The minimum Gasteiger partial charge on any atom is -0.317 e. The highest BCUT2D eigenvalue weighted by Gasteiger charge is 2.04. The second-order valence-electron chi connectivity index (χ2n) is 5.35. The molecule has 0 aliphatic carbocycles. The first-order valence-electron chi connectivity index (χ1n) is 8.05. The standard InChI is InChI=1S/C16H35N/c1-4-7-8-9-10-11-12-13-14-16(5-2)15-17-6-3/h16-17H,4-15H2,1-3H3. The first-order chi connectivity index (χ1) is 8.35. The third kappa shape index (κ3) is 12.2. The largest absolute Gasteiger partial charge is 0.317 e. The Balaban J connectivity index is 3.19. The monoisotopic (exact) mass is 241 g/mol. The van der Waals surface area contributed by atoms with Gasteiger partial charge in [0.1, 0.15) is 0 Å². The fourth-order valence-corrected chi connectivity index (χ4v) is 2.37. The van der Waals surface area contributed by atoms with Crippen LogP contribution in [0.15, 0.2) is 0 Å². The Hall–Kier alpha value is -0.0400. The van der Waals surface area contributed by atoms with Crippen LogP contribution in [0.3, 0.4) is 0 Å². The molecule has 1 heteroatoms. The third-order valence-corrected chi connectivity index (χ3v) is 3.73. The van der Waals surface area contributed by atoms with Crippen LogP contribution in [-0.4, -0.2) is 13.1 Å². The lowest BCUT2D eigenvalue weighted by Crippen LogP contribution is -2.22. The summed E-state index contributed by atoms with van der Waals surface area (Å²) in [5.41, 5.74) is 0. The van der Waals surface area contributed by atoms with E-state index in [2.05, 4.69) is 26.1 Å². The zero-order valence-corrected chi connectivity index (χ0v) is 12.6. The van der Waals surface area contributed by atoms with Crippen LogP contribution in [0.25, 0.3) is 0 Å². The second kappa shape index (κ2) is 14.0. The van der Waals surface area contributed by atoms with Gasteiger partial charge in [0.15, 0.2) is 0 Å². The van der Waals surface area contributed by atoms with Crippen LogP contribution in [0.2, 0.25) is 0 Å². The zero-order valence-electron chi connectivity index (χ0n) is 12.6. The quantitative estimate of drug-likeness (QED) is 0.440. The van der Waals surface area contributed by atoms with Crippen LogP contribution in [-0.2, 0) is 0 Å². The molecule has 0 aromatic heterocycles. The van der Waals surface area contributed by atoms with Gasteiger partial charge in [-0.25, -0.2) is 0 Å². The Morgan fingerprint density at radius 2 is 1.35 bits per heavy atom. The van der Waals surface area contributed by atoms with Crippen molar-refractivity contribution in [3.8, 4) is 0 Å². The molecule has 0 aliphatic rings. The molecule has 104 valence electrons. The van der Waals surface area contributed by atoms with Crippen molar-refractivity contribution in [1.82, 2.24) is 5.32 Å². The molecule has 1 unspecified atom stereocenters. The van der Waals surface area contributed by atoms with Crippen molar-refractivity contribution in [2.45, 2.75) is 85.0 Å². The maximum absolute atomic E-state index is 3.47. The number of hydrogen-bond donors (Lipinski definition) is 1. The molecule has 0 saturated carbocycles. The van der Waals surface area contributed by atoms with E-state index in [4.69, 9.17) is 0 Å². The van der Waals surface area contributed by atoms with Crippen LogP contribution >= 0.6 is 0 Å². The van der Waals surface area contributed by atoms with Crippen molar-refractivity contribution in [3.05, 3.63) is 0 Å². The van der Waals surface area contributed by atoms with Crippen molar-refractivity contribution in [2.75, 3.05) is 13.1 Å². The zero-order chi connectivity index (χ0) is 12.8. The van der Waals surface area contributed by atoms with E-state index in [9.17, 15) is 0 Å². The van der Waals surface area contributed by atoms with Crippen LogP contribution in [0.5, 0.6) is 0 Å². The average Bonchev–Trinajstić information content (AvgIpc) is 2.36. The second-order valence-corrected chi connectivity index (χ2v) is 5.35. The highest BCUT2D eigenvalue weighted by atomic mass is 14.8. The summed E-state index contributed by atoms with van der Waals surface area (Å²) in [4.78, 5) is 0. The van der Waals surface area contributed by atoms with E-state index in [1.54, 1.807) is 0 Å². The smallest absolute Gasteiger partial charge is 0.00207 e. The fourth-order valence-electron chi connectivity index (χ4n) is 2.37. The van der Waals surface area contributed by atoms with Crippen molar-refractivity contribution in [3.63, 3.8) is 0 Å². The van der Waals surface area contributed by atoms with Gasteiger partial charge in [-0.15, -0.1) is 0 Å². The molecule has 0 saturated heterocycles. The van der Waals surface area contributed by atoms with E-state index < -0.39 is 0 Å². The summed E-state index contributed by atoms with van der Waals surface area (Å²) >= 11 is 0. The Labute approximate surface area is 110 Å². The van der Waals surface area contributed by atoms with Crippen LogP contribution in [0, 0.1) is 5.92 Å². The van der Waals surface area contributed by atoms with Gasteiger partial charge in [0.2, 0.25) is 0 Å². The van der Waals surface area contributed by atoms with E-state index in [-0.39, 0.29) is 0 Å². The molecule has 0 amide bonds. The lowest BCUT2D eigenvalue weighted by atomic mass is 9.97.